The number of nitrogens with two attached hydrogens (primary N) is 1. The van der Waals surface area contributed by atoms with Crippen LogP contribution in [0, 0.1) is 0 Å². The van der Waals surface area contributed by atoms with Crippen molar-refractivity contribution in [2.75, 3.05) is 30.3 Å². The lowest BCUT2D eigenvalue weighted by Crippen LogP contribution is -2.43. The second-order valence-electron chi connectivity index (χ2n) is 4.20. The number of hydrogen-bond acceptors (Lipinski definition) is 2. The van der Waals surface area contributed by atoms with Gasteiger partial charge in [-0.15, -0.1) is 0 Å². The Morgan fingerprint density at radius 1 is 1.11 bits per heavy atom. The van der Waals surface area contributed by atoms with Crippen LogP contribution in [0.2, 0.25) is 0 Å². The van der Waals surface area contributed by atoms with Gasteiger partial charge in [0.05, 0.1) is 0 Å². The van der Waals surface area contributed by atoms with Crippen LogP contribution >= 0.6 is 0 Å². The lowest BCUT2D eigenvalue weighted by Gasteiger charge is -2.29. The summed E-state index contributed by atoms with van der Waals surface area (Å²) in [6, 6.07) is 7.51. The van der Waals surface area contributed by atoms with Crippen molar-refractivity contribution in [1.82, 2.24) is 4.90 Å². The van der Waals surface area contributed by atoms with Crippen LogP contribution in [0.4, 0.5) is 16.2 Å². The quantitative estimate of drug-likeness (QED) is 0.816. The first-order valence-corrected chi connectivity index (χ1v) is 6.55. The van der Waals surface area contributed by atoms with E-state index in [1.807, 2.05) is 47.9 Å². The molecule has 0 atom stereocenters. The maximum atomic E-state index is 12.4. The van der Waals surface area contributed by atoms with Crippen LogP contribution in [0.3, 0.4) is 0 Å². The van der Waals surface area contributed by atoms with E-state index < -0.39 is 0 Å². The summed E-state index contributed by atoms with van der Waals surface area (Å²) in [4.78, 5) is 16.0. The molecule has 4 heteroatoms. The maximum Gasteiger partial charge on any atom is 0.324 e. The first-order valence-electron chi connectivity index (χ1n) is 6.55. The fraction of sp³-hybridized carbons (Fsp3) is 0.500. The van der Waals surface area contributed by atoms with Crippen molar-refractivity contribution < 1.29 is 4.79 Å². The standard InChI is InChI=1S/C14H23N3O/c1-4-11-17(14(18)16(5-2)6-3)13-9-7-12(15)8-10-13/h7-10H,4-6,11,15H2,1-3H3. The van der Waals surface area contributed by atoms with Crippen molar-refractivity contribution in [3.05, 3.63) is 24.3 Å². The molecule has 100 valence electrons. The maximum absolute atomic E-state index is 12.4. The third kappa shape index (κ3) is 3.39. The molecule has 1 aromatic carbocycles. The lowest BCUT2D eigenvalue weighted by molar-refractivity contribution is 0.210. The van der Waals surface area contributed by atoms with E-state index in [2.05, 4.69) is 6.92 Å². The molecule has 0 saturated carbocycles. The number of amides is 2. The summed E-state index contributed by atoms with van der Waals surface area (Å²) in [6.45, 7) is 8.23. The average molecular weight is 249 g/mol. The van der Waals surface area contributed by atoms with E-state index in [4.69, 9.17) is 5.73 Å². The van der Waals surface area contributed by atoms with Gasteiger partial charge in [-0.2, -0.15) is 0 Å². The monoisotopic (exact) mass is 249 g/mol. The molecule has 0 aliphatic rings. The van der Waals surface area contributed by atoms with Crippen LogP contribution in [0.1, 0.15) is 27.2 Å². The zero-order valence-corrected chi connectivity index (χ0v) is 11.5. The summed E-state index contributed by atoms with van der Waals surface area (Å²) in [5.41, 5.74) is 7.29. The molecule has 2 N–H and O–H groups in total. The van der Waals surface area contributed by atoms with Crippen LogP contribution < -0.4 is 10.6 Å². The number of hydrogen-bond donors (Lipinski definition) is 1. The Morgan fingerprint density at radius 2 is 1.67 bits per heavy atom. The highest BCUT2D eigenvalue weighted by molar-refractivity contribution is 5.92. The predicted octanol–water partition coefficient (Wildman–Crippen LogP) is 2.95. The lowest BCUT2D eigenvalue weighted by atomic mass is 10.2. The van der Waals surface area contributed by atoms with E-state index in [-0.39, 0.29) is 6.03 Å². The molecule has 0 fully saturated rings. The van der Waals surface area contributed by atoms with Crippen molar-refractivity contribution in [2.45, 2.75) is 27.2 Å². The molecule has 18 heavy (non-hydrogen) atoms. The number of nitrogen functional groups attached to an aromatic ring is 1. The summed E-state index contributed by atoms with van der Waals surface area (Å²) in [5, 5.41) is 0. The second-order valence-corrected chi connectivity index (χ2v) is 4.20. The number of benzene rings is 1. The topological polar surface area (TPSA) is 49.6 Å². The Morgan fingerprint density at radius 3 is 2.11 bits per heavy atom. The SMILES string of the molecule is CCCN(C(=O)N(CC)CC)c1ccc(N)cc1. The molecule has 2 amide bonds. The van der Waals surface area contributed by atoms with Gasteiger partial charge in [-0.3, -0.25) is 4.90 Å². The van der Waals surface area contributed by atoms with Crippen LogP contribution in [-0.2, 0) is 0 Å². The molecule has 4 nitrogen and oxygen atoms in total. The Bertz CT molecular complexity index is 371. The first kappa shape index (κ1) is 14.4. The van der Waals surface area contributed by atoms with Gasteiger partial charge in [-0.25, -0.2) is 4.79 Å². The number of rotatable bonds is 5. The third-order valence-electron chi connectivity index (χ3n) is 2.92. The van der Waals surface area contributed by atoms with Crippen molar-refractivity contribution in [2.24, 2.45) is 0 Å². The van der Waals surface area contributed by atoms with E-state index in [1.54, 1.807) is 0 Å². The Hall–Kier alpha value is -1.71. The summed E-state index contributed by atoms with van der Waals surface area (Å²) in [5.74, 6) is 0. The fourth-order valence-electron chi connectivity index (χ4n) is 1.88. The van der Waals surface area contributed by atoms with E-state index in [1.165, 1.54) is 0 Å². The van der Waals surface area contributed by atoms with E-state index >= 15 is 0 Å². The van der Waals surface area contributed by atoms with Gasteiger partial charge >= 0.3 is 6.03 Å². The smallest absolute Gasteiger partial charge is 0.324 e. The average Bonchev–Trinajstić information content (AvgIpc) is 2.38. The number of nitrogens with zero attached hydrogens (tertiary/aromatic N) is 2. The van der Waals surface area contributed by atoms with Gasteiger partial charge in [-0.1, -0.05) is 6.92 Å². The van der Waals surface area contributed by atoms with Crippen molar-refractivity contribution in [3.63, 3.8) is 0 Å². The Kier molecular flexibility index (Phi) is 5.49. The molecule has 1 rings (SSSR count). The zero-order chi connectivity index (χ0) is 13.5. The molecule has 0 aromatic heterocycles. The third-order valence-corrected chi connectivity index (χ3v) is 2.92. The summed E-state index contributed by atoms with van der Waals surface area (Å²) < 4.78 is 0. The van der Waals surface area contributed by atoms with Crippen LogP contribution in [0.5, 0.6) is 0 Å². The largest absolute Gasteiger partial charge is 0.399 e. The van der Waals surface area contributed by atoms with Crippen molar-refractivity contribution >= 4 is 17.4 Å². The second kappa shape index (κ2) is 6.89. The highest BCUT2D eigenvalue weighted by atomic mass is 16.2. The van der Waals surface area contributed by atoms with Gasteiger partial charge in [-0.05, 0) is 44.5 Å². The van der Waals surface area contributed by atoms with Crippen LogP contribution in [-0.4, -0.2) is 30.6 Å². The molecular formula is C14H23N3O. The molecule has 0 unspecified atom stereocenters. The van der Waals surface area contributed by atoms with E-state index in [9.17, 15) is 4.79 Å². The predicted molar refractivity (Wildman–Crippen MR) is 76.8 cm³/mol. The number of carbonyl (C=O) groups is 1. The molecule has 0 saturated heterocycles. The number of urea groups is 1. The molecule has 0 aliphatic heterocycles. The molecule has 0 heterocycles. The highest BCUT2D eigenvalue weighted by Gasteiger charge is 2.19. The van der Waals surface area contributed by atoms with Gasteiger partial charge in [0.2, 0.25) is 0 Å². The molecule has 0 bridgehead atoms. The minimum Gasteiger partial charge on any atom is -0.399 e. The summed E-state index contributed by atoms with van der Waals surface area (Å²) in [6.07, 6.45) is 0.928. The van der Waals surface area contributed by atoms with Crippen LogP contribution in [0.25, 0.3) is 0 Å². The minimum atomic E-state index is 0.0617. The van der Waals surface area contributed by atoms with E-state index in [0.717, 1.165) is 31.7 Å². The Labute approximate surface area is 109 Å². The van der Waals surface area contributed by atoms with Gasteiger partial charge in [0.1, 0.15) is 0 Å². The minimum absolute atomic E-state index is 0.0617. The van der Waals surface area contributed by atoms with Gasteiger partial charge in [0, 0.05) is 31.0 Å². The number of anilines is 2. The number of carbonyl (C=O) groups excluding carboxylic acids is 1. The Balaban J connectivity index is 2.94. The molecule has 0 spiro atoms. The normalized spacial score (nSPS) is 10.2. The first-order chi connectivity index (χ1) is 8.63. The molecule has 1 aromatic rings. The summed E-state index contributed by atoms with van der Waals surface area (Å²) >= 11 is 0. The van der Waals surface area contributed by atoms with Gasteiger partial charge < -0.3 is 10.6 Å². The molecule has 0 aliphatic carbocycles. The van der Waals surface area contributed by atoms with Crippen molar-refractivity contribution in [1.29, 1.82) is 0 Å². The molecular weight excluding hydrogens is 226 g/mol. The molecule has 0 radical (unpaired) electrons. The van der Waals surface area contributed by atoms with Crippen LogP contribution in [0.15, 0.2) is 24.3 Å². The zero-order valence-electron chi connectivity index (χ0n) is 11.5. The van der Waals surface area contributed by atoms with Crippen molar-refractivity contribution in [3.8, 4) is 0 Å². The van der Waals surface area contributed by atoms with Gasteiger partial charge in [0.25, 0.3) is 0 Å². The van der Waals surface area contributed by atoms with Gasteiger partial charge in [0.15, 0.2) is 0 Å². The highest BCUT2D eigenvalue weighted by Crippen LogP contribution is 2.18. The van der Waals surface area contributed by atoms with E-state index in [0.29, 0.717) is 5.69 Å². The fourth-order valence-corrected chi connectivity index (χ4v) is 1.88. The summed E-state index contributed by atoms with van der Waals surface area (Å²) in [7, 11) is 0.